The molecule has 0 unspecified atom stereocenters. The first kappa shape index (κ1) is 22.9. The Balaban J connectivity index is 2.23. The lowest BCUT2D eigenvalue weighted by Crippen LogP contribution is -2.43. The summed E-state index contributed by atoms with van der Waals surface area (Å²) in [6.45, 7) is 9.03. The molecule has 0 saturated carbocycles. The summed E-state index contributed by atoms with van der Waals surface area (Å²) in [6, 6.07) is 9.66. The molecule has 0 spiro atoms. The maximum atomic E-state index is 6.06. The zero-order valence-electron chi connectivity index (χ0n) is 18.1. The van der Waals surface area contributed by atoms with Gasteiger partial charge in [0.05, 0.1) is 20.8 Å². The standard InChI is InChI=1S/C22H33N3O4/c1-6-23-16-22(28-7-2,29-8-3)18-11-12-24-21(13-18)25-15-17-9-10-19(26-4)14-20(17)27-5/h9-14,23H,6-8,15-16H2,1-5H3,(H,24,25). The first-order chi connectivity index (χ1) is 14.1. The first-order valence-corrected chi connectivity index (χ1v) is 10.0. The fourth-order valence-electron chi connectivity index (χ4n) is 3.12. The van der Waals surface area contributed by atoms with Crippen molar-refractivity contribution in [1.29, 1.82) is 0 Å². The van der Waals surface area contributed by atoms with Crippen molar-refractivity contribution in [2.45, 2.75) is 33.1 Å². The highest BCUT2D eigenvalue weighted by Gasteiger charge is 2.33. The third kappa shape index (κ3) is 6.06. The number of anilines is 1. The minimum Gasteiger partial charge on any atom is -0.497 e. The molecule has 0 aliphatic rings. The van der Waals surface area contributed by atoms with Crippen molar-refractivity contribution in [2.75, 3.05) is 45.8 Å². The summed E-state index contributed by atoms with van der Waals surface area (Å²) in [5.74, 6) is 1.41. The lowest BCUT2D eigenvalue weighted by molar-refractivity contribution is -0.239. The molecule has 7 heteroatoms. The molecule has 0 aliphatic carbocycles. The van der Waals surface area contributed by atoms with Crippen molar-refractivity contribution in [3.8, 4) is 11.5 Å². The monoisotopic (exact) mass is 403 g/mol. The van der Waals surface area contributed by atoms with Crippen LogP contribution in [0.15, 0.2) is 36.5 Å². The van der Waals surface area contributed by atoms with E-state index in [0.29, 0.717) is 26.3 Å². The van der Waals surface area contributed by atoms with Crippen LogP contribution >= 0.6 is 0 Å². The number of nitrogens with one attached hydrogen (secondary N) is 2. The molecule has 1 aromatic heterocycles. The predicted molar refractivity (Wildman–Crippen MR) is 115 cm³/mol. The van der Waals surface area contributed by atoms with Crippen molar-refractivity contribution >= 4 is 5.82 Å². The normalized spacial score (nSPS) is 11.3. The lowest BCUT2D eigenvalue weighted by atomic mass is 10.1. The summed E-state index contributed by atoms with van der Waals surface area (Å²) in [5, 5.41) is 6.70. The van der Waals surface area contributed by atoms with E-state index in [1.54, 1.807) is 20.4 Å². The Morgan fingerprint density at radius 2 is 1.72 bits per heavy atom. The third-order valence-electron chi connectivity index (χ3n) is 4.52. The molecule has 0 amide bonds. The van der Waals surface area contributed by atoms with Crippen LogP contribution in [0.5, 0.6) is 11.5 Å². The molecular weight excluding hydrogens is 370 g/mol. The van der Waals surface area contributed by atoms with E-state index >= 15 is 0 Å². The molecule has 0 radical (unpaired) electrons. The van der Waals surface area contributed by atoms with E-state index in [9.17, 15) is 0 Å². The van der Waals surface area contributed by atoms with Gasteiger partial charge in [-0.3, -0.25) is 0 Å². The lowest BCUT2D eigenvalue weighted by Gasteiger charge is -2.34. The topological polar surface area (TPSA) is 73.9 Å². The summed E-state index contributed by atoms with van der Waals surface area (Å²) in [5.41, 5.74) is 1.93. The molecular formula is C22H33N3O4. The van der Waals surface area contributed by atoms with Gasteiger partial charge >= 0.3 is 0 Å². The average molecular weight is 404 g/mol. The van der Waals surface area contributed by atoms with Crippen LogP contribution in [0.25, 0.3) is 0 Å². The molecule has 2 rings (SSSR count). The van der Waals surface area contributed by atoms with Gasteiger partial charge in [-0.1, -0.05) is 6.92 Å². The van der Waals surface area contributed by atoms with Crippen LogP contribution in [-0.4, -0.2) is 45.5 Å². The molecule has 0 bridgehead atoms. The second-order valence-corrected chi connectivity index (χ2v) is 6.36. The van der Waals surface area contributed by atoms with Crippen molar-refractivity contribution in [3.05, 3.63) is 47.7 Å². The Bertz CT molecular complexity index is 749. The number of nitrogens with zero attached hydrogens (tertiary/aromatic N) is 1. The molecule has 0 aliphatic heterocycles. The molecule has 2 aromatic rings. The zero-order valence-corrected chi connectivity index (χ0v) is 18.1. The van der Waals surface area contributed by atoms with E-state index < -0.39 is 5.79 Å². The Kier molecular flexibility index (Phi) is 9.18. The van der Waals surface area contributed by atoms with Crippen molar-refractivity contribution in [2.24, 2.45) is 0 Å². The predicted octanol–water partition coefficient (Wildman–Crippen LogP) is 3.55. The quantitative estimate of drug-likeness (QED) is 0.496. The van der Waals surface area contributed by atoms with Gasteiger partial charge in [0.2, 0.25) is 5.79 Å². The molecule has 1 aromatic carbocycles. The maximum Gasteiger partial charge on any atom is 0.207 e. The van der Waals surface area contributed by atoms with Crippen LogP contribution in [-0.2, 0) is 21.8 Å². The van der Waals surface area contributed by atoms with E-state index in [1.807, 2.05) is 44.2 Å². The molecule has 29 heavy (non-hydrogen) atoms. The Labute approximate surface area is 173 Å². The minimum atomic E-state index is -0.851. The van der Waals surface area contributed by atoms with Gasteiger partial charge in [-0.2, -0.15) is 0 Å². The van der Waals surface area contributed by atoms with E-state index in [0.717, 1.165) is 35.0 Å². The smallest absolute Gasteiger partial charge is 0.207 e. The second kappa shape index (κ2) is 11.6. The fraction of sp³-hybridized carbons (Fsp3) is 0.500. The molecule has 1 heterocycles. The molecule has 160 valence electrons. The van der Waals surface area contributed by atoms with E-state index in [1.165, 1.54) is 0 Å². The van der Waals surface area contributed by atoms with Crippen molar-refractivity contribution in [1.82, 2.24) is 10.3 Å². The molecule has 0 saturated heterocycles. The summed E-state index contributed by atoms with van der Waals surface area (Å²) in [7, 11) is 3.29. The Morgan fingerprint density at radius 1 is 0.966 bits per heavy atom. The number of methoxy groups -OCH3 is 2. The molecule has 0 fully saturated rings. The fourth-order valence-corrected chi connectivity index (χ4v) is 3.12. The number of benzene rings is 1. The number of aromatic nitrogens is 1. The highest BCUT2D eigenvalue weighted by atomic mass is 16.7. The van der Waals surface area contributed by atoms with Crippen molar-refractivity contribution < 1.29 is 18.9 Å². The number of hydrogen-bond donors (Lipinski definition) is 2. The third-order valence-corrected chi connectivity index (χ3v) is 4.52. The summed E-state index contributed by atoms with van der Waals surface area (Å²) in [6.07, 6.45) is 1.77. The van der Waals surface area contributed by atoms with Gasteiger partial charge in [0.25, 0.3) is 0 Å². The van der Waals surface area contributed by atoms with Crippen LogP contribution in [0.3, 0.4) is 0 Å². The summed E-state index contributed by atoms with van der Waals surface area (Å²) < 4.78 is 22.9. The minimum absolute atomic E-state index is 0.541. The summed E-state index contributed by atoms with van der Waals surface area (Å²) in [4.78, 5) is 4.45. The number of likely N-dealkylation sites (N-methyl/N-ethyl adjacent to an activating group) is 1. The van der Waals surface area contributed by atoms with Gasteiger partial charge in [0.1, 0.15) is 17.3 Å². The number of hydrogen-bond acceptors (Lipinski definition) is 7. The largest absolute Gasteiger partial charge is 0.497 e. The van der Waals surface area contributed by atoms with Gasteiger partial charge in [-0.25, -0.2) is 4.98 Å². The van der Waals surface area contributed by atoms with Gasteiger partial charge in [-0.15, -0.1) is 0 Å². The number of pyridine rings is 1. The Hall–Kier alpha value is -2.35. The zero-order chi connectivity index (χ0) is 21.1. The Morgan fingerprint density at radius 3 is 2.34 bits per heavy atom. The number of rotatable bonds is 13. The molecule has 7 nitrogen and oxygen atoms in total. The molecule has 0 atom stereocenters. The van der Waals surface area contributed by atoms with Gasteiger partial charge in [-0.05, 0) is 44.7 Å². The number of ether oxygens (including phenoxy) is 4. The van der Waals surface area contributed by atoms with E-state index in [4.69, 9.17) is 18.9 Å². The maximum absolute atomic E-state index is 6.06. The van der Waals surface area contributed by atoms with Crippen LogP contribution in [0.2, 0.25) is 0 Å². The first-order valence-electron chi connectivity index (χ1n) is 10.0. The van der Waals surface area contributed by atoms with Gasteiger partial charge in [0, 0.05) is 43.1 Å². The van der Waals surface area contributed by atoms with E-state index in [2.05, 4.69) is 22.5 Å². The van der Waals surface area contributed by atoms with E-state index in [-0.39, 0.29) is 0 Å². The molecule has 2 N–H and O–H groups in total. The second-order valence-electron chi connectivity index (χ2n) is 6.36. The van der Waals surface area contributed by atoms with Crippen LogP contribution in [0.1, 0.15) is 31.9 Å². The van der Waals surface area contributed by atoms with Gasteiger partial charge in [0.15, 0.2) is 0 Å². The van der Waals surface area contributed by atoms with Crippen LogP contribution < -0.4 is 20.1 Å². The van der Waals surface area contributed by atoms with Crippen LogP contribution in [0.4, 0.5) is 5.82 Å². The average Bonchev–Trinajstić information content (AvgIpc) is 2.76. The summed E-state index contributed by atoms with van der Waals surface area (Å²) >= 11 is 0. The highest BCUT2D eigenvalue weighted by molar-refractivity contribution is 5.45. The highest BCUT2D eigenvalue weighted by Crippen LogP contribution is 2.29. The SMILES string of the molecule is CCNCC(OCC)(OCC)c1ccnc(NCc2ccc(OC)cc2OC)c1. The van der Waals surface area contributed by atoms with Gasteiger partial charge < -0.3 is 29.6 Å². The van der Waals surface area contributed by atoms with Crippen molar-refractivity contribution in [3.63, 3.8) is 0 Å². The van der Waals surface area contributed by atoms with Crippen LogP contribution in [0, 0.1) is 0 Å².